The first-order chi connectivity index (χ1) is 10.1. The van der Waals surface area contributed by atoms with Gasteiger partial charge in [0.05, 0.1) is 16.0 Å². The second kappa shape index (κ2) is 7.48. The highest BCUT2D eigenvalue weighted by Gasteiger charge is 2.20. The van der Waals surface area contributed by atoms with Crippen molar-refractivity contribution < 1.29 is 14.3 Å². The number of benzene rings is 1. The molecule has 1 aliphatic carbocycles. The van der Waals surface area contributed by atoms with E-state index >= 15 is 0 Å². The minimum atomic E-state index is -0.409. The standard InChI is InChI=1S/C15H15Cl2NO3/c16-12-7-6-11(8-13(12)17)18-14(19)9-21-15(20)10-4-2-1-3-5-10/h1-2,6-8,10H,3-5,9H2,(H,18,19)/t10-/m0/s1. The van der Waals surface area contributed by atoms with Gasteiger partial charge in [0.25, 0.3) is 5.91 Å². The van der Waals surface area contributed by atoms with Crippen LogP contribution in [-0.4, -0.2) is 18.5 Å². The maximum atomic E-state index is 11.8. The van der Waals surface area contributed by atoms with E-state index in [1.165, 1.54) is 6.07 Å². The number of hydrogen-bond acceptors (Lipinski definition) is 3. The second-order valence-corrected chi connectivity index (χ2v) is 5.58. The van der Waals surface area contributed by atoms with Crippen LogP contribution in [0.3, 0.4) is 0 Å². The van der Waals surface area contributed by atoms with Crippen LogP contribution in [0.5, 0.6) is 0 Å². The van der Waals surface area contributed by atoms with Crippen molar-refractivity contribution in [2.75, 3.05) is 11.9 Å². The van der Waals surface area contributed by atoms with Crippen LogP contribution >= 0.6 is 23.2 Å². The van der Waals surface area contributed by atoms with Gasteiger partial charge in [0, 0.05) is 5.69 Å². The Morgan fingerprint density at radius 1 is 1.24 bits per heavy atom. The first kappa shape index (κ1) is 15.9. The first-order valence-corrected chi connectivity index (χ1v) is 7.38. The van der Waals surface area contributed by atoms with Crippen LogP contribution in [0, 0.1) is 5.92 Å². The average molecular weight is 328 g/mol. The van der Waals surface area contributed by atoms with Gasteiger partial charge in [0.15, 0.2) is 6.61 Å². The average Bonchev–Trinajstić information content (AvgIpc) is 2.49. The molecular weight excluding hydrogens is 313 g/mol. The quantitative estimate of drug-likeness (QED) is 0.675. The number of allylic oxidation sites excluding steroid dienone is 2. The summed E-state index contributed by atoms with van der Waals surface area (Å²) in [5.41, 5.74) is 0.506. The maximum Gasteiger partial charge on any atom is 0.309 e. The largest absolute Gasteiger partial charge is 0.455 e. The first-order valence-electron chi connectivity index (χ1n) is 6.63. The fourth-order valence-corrected chi connectivity index (χ4v) is 2.33. The van der Waals surface area contributed by atoms with Crippen LogP contribution in [0.1, 0.15) is 19.3 Å². The van der Waals surface area contributed by atoms with Crippen LogP contribution in [0.25, 0.3) is 0 Å². The molecule has 2 rings (SSSR count). The van der Waals surface area contributed by atoms with Crippen molar-refractivity contribution in [1.82, 2.24) is 0 Å². The maximum absolute atomic E-state index is 11.8. The third-order valence-corrected chi connectivity index (χ3v) is 3.89. The molecule has 1 N–H and O–H groups in total. The molecular formula is C15H15Cl2NO3. The fourth-order valence-electron chi connectivity index (χ4n) is 2.03. The van der Waals surface area contributed by atoms with Crippen LogP contribution in [0.2, 0.25) is 10.0 Å². The van der Waals surface area contributed by atoms with Crippen molar-refractivity contribution in [2.45, 2.75) is 19.3 Å². The predicted molar refractivity (Wildman–Crippen MR) is 82.5 cm³/mol. The molecule has 0 unspecified atom stereocenters. The number of rotatable bonds is 4. The molecule has 1 aromatic carbocycles. The summed E-state index contributed by atoms with van der Waals surface area (Å²) < 4.78 is 5.03. The van der Waals surface area contributed by atoms with Crippen LogP contribution in [0.15, 0.2) is 30.4 Å². The number of halogens is 2. The van der Waals surface area contributed by atoms with E-state index in [0.717, 1.165) is 12.8 Å². The van der Waals surface area contributed by atoms with E-state index in [-0.39, 0.29) is 18.5 Å². The van der Waals surface area contributed by atoms with Crippen molar-refractivity contribution in [1.29, 1.82) is 0 Å². The zero-order chi connectivity index (χ0) is 15.2. The zero-order valence-electron chi connectivity index (χ0n) is 11.3. The molecule has 0 spiro atoms. The second-order valence-electron chi connectivity index (χ2n) is 4.77. The molecule has 0 bridgehead atoms. The van der Waals surface area contributed by atoms with E-state index < -0.39 is 5.91 Å². The summed E-state index contributed by atoms with van der Waals surface area (Å²) in [6.07, 6.45) is 6.32. The van der Waals surface area contributed by atoms with Crippen LogP contribution in [0.4, 0.5) is 5.69 Å². The Morgan fingerprint density at radius 2 is 2.05 bits per heavy atom. The van der Waals surface area contributed by atoms with Gasteiger partial charge in [-0.05, 0) is 37.5 Å². The molecule has 0 aliphatic heterocycles. The molecule has 0 saturated carbocycles. The Bertz CT molecular complexity index is 572. The summed E-state index contributed by atoms with van der Waals surface area (Å²) in [6, 6.07) is 4.75. The lowest BCUT2D eigenvalue weighted by molar-refractivity contribution is -0.151. The summed E-state index contributed by atoms with van der Waals surface area (Å²) in [5.74, 6) is -0.885. The lowest BCUT2D eigenvalue weighted by Crippen LogP contribution is -2.25. The molecule has 112 valence electrons. The third kappa shape index (κ3) is 4.76. The highest BCUT2D eigenvalue weighted by atomic mass is 35.5. The SMILES string of the molecule is O=C(COC(=O)[C@H]1CC=CCC1)Nc1ccc(Cl)c(Cl)c1. The third-order valence-electron chi connectivity index (χ3n) is 3.15. The lowest BCUT2D eigenvalue weighted by atomic mass is 9.95. The Labute approximate surface area is 133 Å². The number of esters is 1. The van der Waals surface area contributed by atoms with Gasteiger partial charge in [0.2, 0.25) is 0 Å². The van der Waals surface area contributed by atoms with Gasteiger partial charge >= 0.3 is 5.97 Å². The predicted octanol–water partition coefficient (Wildman–Crippen LogP) is 3.83. The lowest BCUT2D eigenvalue weighted by Gasteiger charge is -2.16. The van der Waals surface area contributed by atoms with Crippen LogP contribution < -0.4 is 5.32 Å². The summed E-state index contributed by atoms with van der Waals surface area (Å²) in [5, 5.41) is 3.35. The minimum absolute atomic E-state index is 0.146. The van der Waals surface area contributed by atoms with E-state index in [2.05, 4.69) is 5.32 Å². The minimum Gasteiger partial charge on any atom is -0.455 e. The highest BCUT2D eigenvalue weighted by molar-refractivity contribution is 6.42. The molecule has 0 radical (unpaired) electrons. The molecule has 0 fully saturated rings. The van der Waals surface area contributed by atoms with E-state index in [1.807, 2.05) is 12.2 Å². The fraction of sp³-hybridized carbons (Fsp3) is 0.333. The highest BCUT2D eigenvalue weighted by Crippen LogP contribution is 2.25. The van der Waals surface area contributed by atoms with Gasteiger partial charge in [-0.3, -0.25) is 9.59 Å². The smallest absolute Gasteiger partial charge is 0.309 e. The van der Waals surface area contributed by atoms with Crippen molar-refractivity contribution in [3.63, 3.8) is 0 Å². The molecule has 6 heteroatoms. The molecule has 0 heterocycles. The van der Waals surface area contributed by atoms with Crippen LogP contribution in [-0.2, 0) is 14.3 Å². The Balaban J connectivity index is 1.80. The van der Waals surface area contributed by atoms with Gasteiger partial charge in [-0.25, -0.2) is 0 Å². The van der Waals surface area contributed by atoms with Crippen molar-refractivity contribution in [3.05, 3.63) is 40.4 Å². The summed E-state index contributed by atoms with van der Waals surface area (Å²) in [4.78, 5) is 23.5. The van der Waals surface area contributed by atoms with Crippen molar-refractivity contribution in [3.8, 4) is 0 Å². The van der Waals surface area contributed by atoms with E-state index in [1.54, 1.807) is 12.1 Å². The number of carbonyl (C=O) groups is 2. The Hall–Kier alpha value is -1.52. The molecule has 21 heavy (non-hydrogen) atoms. The molecule has 1 aromatic rings. The number of carbonyl (C=O) groups excluding carboxylic acids is 2. The van der Waals surface area contributed by atoms with Crippen molar-refractivity contribution in [2.24, 2.45) is 5.92 Å². The number of ether oxygens (including phenoxy) is 1. The number of amides is 1. The Morgan fingerprint density at radius 3 is 2.71 bits per heavy atom. The van der Waals surface area contributed by atoms with E-state index in [4.69, 9.17) is 27.9 Å². The molecule has 4 nitrogen and oxygen atoms in total. The molecule has 0 saturated heterocycles. The van der Waals surface area contributed by atoms with E-state index in [9.17, 15) is 9.59 Å². The zero-order valence-corrected chi connectivity index (χ0v) is 12.8. The van der Waals surface area contributed by atoms with Crippen molar-refractivity contribution >= 4 is 40.8 Å². The number of nitrogens with one attached hydrogen (secondary N) is 1. The number of anilines is 1. The van der Waals surface area contributed by atoms with Gasteiger partial charge in [-0.2, -0.15) is 0 Å². The topological polar surface area (TPSA) is 55.4 Å². The summed E-state index contributed by atoms with van der Waals surface area (Å²) >= 11 is 11.6. The Kier molecular flexibility index (Phi) is 5.65. The van der Waals surface area contributed by atoms with Gasteiger partial charge in [-0.15, -0.1) is 0 Å². The van der Waals surface area contributed by atoms with E-state index in [0.29, 0.717) is 22.2 Å². The van der Waals surface area contributed by atoms with Gasteiger partial charge < -0.3 is 10.1 Å². The summed E-state index contributed by atoms with van der Waals surface area (Å²) in [7, 11) is 0. The van der Waals surface area contributed by atoms with Gasteiger partial charge in [0.1, 0.15) is 0 Å². The summed E-state index contributed by atoms with van der Waals surface area (Å²) in [6.45, 7) is -0.306. The molecule has 1 atom stereocenters. The van der Waals surface area contributed by atoms with Gasteiger partial charge in [-0.1, -0.05) is 35.4 Å². The molecule has 0 aromatic heterocycles. The normalized spacial score (nSPS) is 17.3. The molecule has 1 aliphatic rings. The number of hydrogen-bond donors (Lipinski definition) is 1. The monoisotopic (exact) mass is 327 g/mol. The molecule has 1 amide bonds.